The number of rotatable bonds is 9. The molecule has 0 bridgehead atoms. The molecule has 12 aromatic carbocycles. The quantitative estimate of drug-likeness (QED) is 0.134. The fourth-order valence-corrected chi connectivity index (χ4v) is 12.4. The Hall–Kier alpha value is -11.9. The van der Waals surface area contributed by atoms with E-state index < -0.39 is 0 Å². The van der Waals surface area contributed by atoms with Gasteiger partial charge in [0.1, 0.15) is 16.7 Å². The Morgan fingerprint density at radius 2 is 0.447 bits per heavy atom. The van der Waals surface area contributed by atoms with Crippen LogP contribution in [0, 0.1) is 18.2 Å². The average Bonchev–Trinajstić information content (AvgIpc) is 1.63. The standard InChI is InChI=1S/3C29H18NO.Ir/c3*1-3-8-20(9-4-1)22-14-15-24-25-12-7-13-26(29(25)31-28(24)19-22)27-18-23(16-17-30-27)21-10-5-2-6-11-21;/h3*1-12,14-19H;/q3*-1;+3. The molecule has 0 spiro atoms. The molecule has 94 heavy (non-hydrogen) atoms. The molecule has 6 heterocycles. The maximum Gasteiger partial charge on any atom is 3.00 e. The first-order chi connectivity index (χ1) is 46.1. The zero-order chi connectivity index (χ0) is 61.9. The number of furan rings is 3. The van der Waals surface area contributed by atoms with E-state index >= 15 is 0 Å². The molecule has 0 aliphatic heterocycles. The Labute approximate surface area is 557 Å². The zero-order valence-corrected chi connectivity index (χ0v) is 53.0. The Bertz CT molecular complexity index is 5110. The Morgan fingerprint density at radius 3 is 0.691 bits per heavy atom. The van der Waals surface area contributed by atoms with Gasteiger partial charge in [-0.1, -0.05) is 269 Å². The number of aromatic nitrogens is 3. The van der Waals surface area contributed by atoms with Crippen LogP contribution in [0.15, 0.2) is 341 Å². The molecule has 0 saturated heterocycles. The maximum atomic E-state index is 6.37. The molecule has 444 valence electrons. The first kappa shape index (κ1) is 58.5. The molecular formula is C87H54IrN3O3. The van der Waals surface area contributed by atoms with E-state index in [9.17, 15) is 0 Å². The van der Waals surface area contributed by atoms with E-state index in [1.807, 2.05) is 128 Å². The summed E-state index contributed by atoms with van der Waals surface area (Å²) < 4.78 is 19.1. The van der Waals surface area contributed by atoms with Crippen molar-refractivity contribution in [3.05, 3.63) is 346 Å². The topological polar surface area (TPSA) is 78.1 Å². The van der Waals surface area contributed by atoms with Gasteiger partial charge in [-0.25, -0.2) is 0 Å². The van der Waals surface area contributed by atoms with E-state index in [-0.39, 0.29) is 20.1 Å². The van der Waals surface area contributed by atoms with E-state index in [2.05, 4.69) is 233 Å². The SMILES string of the molecule is [Ir+3].[c-]1ccc2c(oc3cc(-c4ccccc4)ccc32)c1-c1cc(-c2ccccc2)ccn1.[c-]1ccc2c(oc3cc(-c4ccccc4)ccc32)c1-c1cc(-c2ccccc2)ccn1.[c-]1ccc2c(oc3cc(-c4ccccc4)ccc32)c1-c1cc(-c2ccccc2)ccn1. The van der Waals surface area contributed by atoms with Crippen molar-refractivity contribution in [2.75, 3.05) is 0 Å². The van der Waals surface area contributed by atoms with Crippen LogP contribution in [0.3, 0.4) is 0 Å². The van der Waals surface area contributed by atoms with Crippen molar-refractivity contribution < 1.29 is 33.4 Å². The van der Waals surface area contributed by atoms with Gasteiger partial charge in [0.2, 0.25) is 0 Å². The van der Waals surface area contributed by atoms with Crippen molar-refractivity contribution in [1.29, 1.82) is 0 Å². The smallest absolute Gasteiger partial charge is 0.501 e. The molecule has 6 nitrogen and oxygen atoms in total. The van der Waals surface area contributed by atoms with E-state index in [1.165, 1.54) is 16.7 Å². The third kappa shape index (κ3) is 11.7. The summed E-state index contributed by atoms with van der Waals surface area (Å²) in [6.45, 7) is 0. The van der Waals surface area contributed by atoms with E-state index in [0.29, 0.717) is 0 Å². The van der Waals surface area contributed by atoms with Crippen molar-refractivity contribution in [2.45, 2.75) is 0 Å². The van der Waals surface area contributed by atoms with Crippen LogP contribution in [0.2, 0.25) is 0 Å². The summed E-state index contributed by atoms with van der Waals surface area (Å²) in [7, 11) is 0. The number of nitrogens with zero attached hydrogens (tertiary/aromatic N) is 3. The molecular weight excluding hydrogens is 1330 g/mol. The summed E-state index contributed by atoms with van der Waals surface area (Å²) >= 11 is 0. The molecule has 0 unspecified atom stereocenters. The van der Waals surface area contributed by atoms with Crippen LogP contribution in [-0.4, -0.2) is 15.0 Å². The normalized spacial score (nSPS) is 11.1. The van der Waals surface area contributed by atoms with E-state index in [4.69, 9.17) is 13.3 Å². The van der Waals surface area contributed by atoms with Gasteiger partial charge >= 0.3 is 20.1 Å². The van der Waals surface area contributed by atoms with Gasteiger partial charge in [-0.15, -0.1) is 54.6 Å². The predicted octanol–water partition coefficient (Wildman–Crippen LogP) is 23.3. The predicted molar refractivity (Wildman–Crippen MR) is 380 cm³/mol. The molecule has 0 saturated carbocycles. The fourth-order valence-electron chi connectivity index (χ4n) is 12.4. The van der Waals surface area contributed by atoms with Gasteiger partial charge in [0.25, 0.3) is 0 Å². The number of hydrogen-bond acceptors (Lipinski definition) is 6. The monoisotopic (exact) mass is 1380 g/mol. The number of pyridine rings is 3. The molecule has 6 aromatic heterocycles. The van der Waals surface area contributed by atoms with Crippen LogP contribution < -0.4 is 0 Å². The summed E-state index contributed by atoms with van der Waals surface area (Å²) in [5, 5.41) is 6.54. The molecule has 0 radical (unpaired) electrons. The van der Waals surface area contributed by atoms with Gasteiger partial charge in [-0.3, -0.25) is 0 Å². The summed E-state index contributed by atoms with van der Waals surface area (Å²) in [6, 6.07) is 116. The van der Waals surface area contributed by atoms with E-state index in [1.54, 1.807) is 0 Å². The first-order valence-corrected chi connectivity index (χ1v) is 30.9. The zero-order valence-electron chi connectivity index (χ0n) is 50.6. The van der Waals surface area contributed by atoms with Crippen LogP contribution in [0.4, 0.5) is 0 Å². The average molecular weight is 1380 g/mol. The molecule has 0 atom stereocenters. The fraction of sp³-hybridized carbons (Fsp3) is 0. The minimum atomic E-state index is 0. The third-order valence-corrected chi connectivity index (χ3v) is 17.0. The molecule has 7 heteroatoms. The molecule has 18 rings (SSSR count). The second-order valence-electron chi connectivity index (χ2n) is 22.7. The van der Waals surface area contributed by atoms with Gasteiger partial charge < -0.3 is 28.2 Å². The number of fused-ring (bicyclic) bond motifs is 9. The van der Waals surface area contributed by atoms with Crippen molar-refractivity contribution in [3.8, 4) is 101 Å². The number of hydrogen-bond donors (Lipinski definition) is 0. The van der Waals surface area contributed by atoms with Gasteiger partial charge in [-0.2, -0.15) is 0 Å². The summed E-state index contributed by atoms with van der Waals surface area (Å²) in [4.78, 5) is 13.9. The van der Waals surface area contributed by atoms with Gasteiger partial charge in [0.15, 0.2) is 0 Å². The maximum absolute atomic E-state index is 6.37. The third-order valence-electron chi connectivity index (χ3n) is 17.0. The molecule has 18 aromatic rings. The minimum absolute atomic E-state index is 0. The Kier molecular flexibility index (Phi) is 16.3. The molecule has 0 aliphatic carbocycles. The van der Waals surface area contributed by atoms with Gasteiger partial charge in [0.05, 0.1) is 16.7 Å². The van der Waals surface area contributed by atoms with Crippen molar-refractivity contribution in [1.82, 2.24) is 15.0 Å². The molecule has 0 N–H and O–H groups in total. The molecule has 0 amide bonds. The van der Waals surface area contributed by atoms with Crippen molar-refractivity contribution in [3.63, 3.8) is 0 Å². The Balaban J connectivity index is 0.000000116. The van der Waals surface area contributed by atoms with Crippen LogP contribution in [-0.2, 0) is 20.1 Å². The van der Waals surface area contributed by atoms with E-state index in [0.717, 1.165) is 150 Å². The van der Waals surface area contributed by atoms with Crippen LogP contribution in [0.5, 0.6) is 0 Å². The molecule has 0 aliphatic rings. The first-order valence-electron chi connectivity index (χ1n) is 30.9. The Morgan fingerprint density at radius 1 is 0.213 bits per heavy atom. The minimum Gasteiger partial charge on any atom is -0.501 e. The van der Waals surface area contributed by atoms with Crippen molar-refractivity contribution >= 4 is 65.8 Å². The number of benzene rings is 12. The van der Waals surface area contributed by atoms with Gasteiger partial charge in [0, 0.05) is 34.7 Å². The second kappa shape index (κ2) is 26.2. The van der Waals surface area contributed by atoms with Crippen LogP contribution in [0.1, 0.15) is 0 Å². The molecule has 0 fully saturated rings. The summed E-state index contributed by atoms with van der Waals surface area (Å²) in [5.41, 5.74) is 24.1. The van der Waals surface area contributed by atoms with Crippen LogP contribution in [0.25, 0.3) is 166 Å². The second-order valence-corrected chi connectivity index (χ2v) is 22.7. The van der Waals surface area contributed by atoms with Crippen molar-refractivity contribution in [2.24, 2.45) is 0 Å². The van der Waals surface area contributed by atoms with Gasteiger partial charge in [-0.05, 0) is 120 Å². The van der Waals surface area contributed by atoms with Crippen LogP contribution >= 0.6 is 0 Å². The summed E-state index contributed by atoms with van der Waals surface area (Å²) in [6.07, 6.45) is 5.54. The summed E-state index contributed by atoms with van der Waals surface area (Å²) in [5.74, 6) is 0. The largest absolute Gasteiger partial charge is 3.00 e.